The number of ether oxygens (including phenoxy) is 1. The van der Waals surface area contributed by atoms with E-state index in [1.165, 1.54) is 6.20 Å². The molecule has 2 heterocycles. The second-order valence-electron chi connectivity index (χ2n) is 4.85. The zero-order valence-corrected chi connectivity index (χ0v) is 12.4. The summed E-state index contributed by atoms with van der Waals surface area (Å²) in [5.41, 5.74) is 2.20. The normalized spacial score (nSPS) is 10.3. The number of pyridine rings is 1. The van der Waals surface area contributed by atoms with Gasteiger partial charge in [0.25, 0.3) is 6.47 Å². The van der Waals surface area contributed by atoms with E-state index in [1.807, 2.05) is 23.8 Å². The summed E-state index contributed by atoms with van der Waals surface area (Å²) in [6, 6.07) is 10.8. The Hall–Kier alpha value is -3.40. The molecule has 0 radical (unpaired) electrons. The number of fused-ring (bicyclic) bond motifs is 1. The predicted octanol–water partition coefficient (Wildman–Crippen LogP) is 1.99. The third-order valence-corrected chi connectivity index (χ3v) is 3.45. The number of nitrogens with one attached hydrogen (secondary N) is 1. The molecule has 0 bridgehead atoms. The van der Waals surface area contributed by atoms with Gasteiger partial charge in [-0.3, -0.25) is 4.79 Å². The number of nitrogens with zero attached hydrogens (tertiary/aromatic N) is 4. The Balaban J connectivity index is 1.80. The molecule has 0 unspecified atom stereocenters. The minimum absolute atomic E-state index is 0.392. The van der Waals surface area contributed by atoms with Gasteiger partial charge in [-0.2, -0.15) is 5.26 Å². The van der Waals surface area contributed by atoms with E-state index in [1.54, 1.807) is 24.3 Å². The van der Waals surface area contributed by atoms with Crippen molar-refractivity contribution in [3.05, 3.63) is 47.9 Å². The molecule has 7 heteroatoms. The van der Waals surface area contributed by atoms with Crippen LogP contribution in [0.15, 0.2) is 36.5 Å². The topological polar surface area (TPSA) is 92.8 Å². The van der Waals surface area contributed by atoms with Crippen LogP contribution >= 0.6 is 0 Å². The van der Waals surface area contributed by atoms with E-state index >= 15 is 0 Å². The van der Waals surface area contributed by atoms with Crippen LogP contribution in [-0.4, -0.2) is 21.0 Å². The van der Waals surface area contributed by atoms with Crippen LogP contribution in [0.25, 0.3) is 11.0 Å². The minimum atomic E-state index is 0.392. The molecule has 0 spiro atoms. The fraction of sp³-hybridized carbons (Fsp3) is 0.125. The molecule has 0 fully saturated rings. The summed E-state index contributed by atoms with van der Waals surface area (Å²) in [5, 5.41) is 11.9. The summed E-state index contributed by atoms with van der Waals surface area (Å²) >= 11 is 0. The smallest absolute Gasteiger partial charge is 0.298 e. The first kappa shape index (κ1) is 14.5. The Morgan fingerprint density at radius 2 is 2.26 bits per heavy atom. The molecule has 1 aromatic carbocycles. The maximum Gasteiger partial charge on any atom is 0.298 e. The van der Waals surface area contributed by atoms with E-state index in [0.29, 0.717) is 30.1 Å². The molecule has 3 rings (SSSR count). The van der Waals surface area contributed by atoms with Gasteiger partial charge < -0.3 is 14.6 Å². The van der Waals surface area contributed by atoms with E-state index in [-0.39, 0.29) is 0 Å². The maximum atomic E-state index is 10.4. The summed E-state index contributed by atoms with van der Waals surface area (Å²) in [7, 11) is 1.92. The summed E-state index contributed by atoms with van der Waals surface area (Å²) in [6.45, 7) is 0.872. The first-order valence-electron chi connectivity index (χ1n) is 6.87. The molecule has 3 aromatic rings. The number of hydrogen-bond donors (Lipinski definition) is 1. The van der Waals surface area contributed by atoms with E-state index in [2.05, 4.69) is 15.3 Å². The molecular formula is C16H13N5O2. The van der Waals surface area contributed by atoms with Crippen LogP contribution in [0, 0.1) is 11.3 Å². The zero-order chi connectivity index (χ0) is 16.2. The number of aryl methyl sites for hydroxylation is 1. The average molecular weight is 307 g/mol. The lowest BCUT2D eigenvalue weighted by atomic mass is 10.3. The van der Waals surface area contributed by atoms with Gasteiger partial charge in [-0.25, -0.2) is 9.97 Å². The number of nitriles is 1. The van der Waals surface area contributed by atoms with Crippen molar-refractivity contribution in [2.75, 3.05) is 5.32 Å². The number of rotatable bonds is 5. The predicted molar refractivity (Wildman–Crippen MR) is 83.7 cm³/mol. The summed E-state index contributed by atoms with van der Waals surface area (Å²) in [5.74, 6) is 1.94. The molecule has 2 aromatic heterocycles. The number of benzene rings is 1. The number of imidazole rings is 1. The molecule has 0 amide bonds. The summed E-state index contributed by atoms with van der Waals surface area (Å²) in [6.07, 6.45) is 1.51. The van der Waals surface area contributed by atoms with Crippen molar-refractivity contribution >= 4 is 23.3 Å². The Labute approximate surface area is 132 Å². The highest BCUT2D eigenvalue weighted by Gasteiger charge is 2.09. The van der Waals surface area contributed by atoms with E-state index in [0.717, 1.165) is 16.9 Å². The molecule has 7 nitrogen and oxygen atoms in total. The maximum absolute atomic E-state index is 10.4. The van der Waals surface area contributed by atoms with Crippen molar-refractivity contribution in [2.24, 2.45) is 7.05 Å². The minimum Gasteiger partial charge on any atom is -0.429 e. The van der Waals surface area contributed by atoms with E-state index in [9.17, 15) is 4.79 Å². The van der Waals surface area contributed by atoms with Crippen LogP contribution in [0.3, 0.4) is 0 Å². The monoisotopic (exact) mass is 307 g/mol. The van der Waals surface area contributed by atoms with E-state index in [4.69, 9.17) is 10.00 Å². The first-order chi connectivity index (χ1) is 11.2. The largest absolute Gasteiger partial charge is 0.429 e. The average Bonchev–Trinajstić information content (AvgIpc) is 2.89. The van der Waals surface area contributed by atoms with Crippen LogP contribution in [-0.2, 0) is 18.4 Å². The van der Waals surface area contributed by atoms with Crippen LogP contribution in [0.2, 0.25) is 0 Å². The Morgan fingerprint density at radius 3 is 2.96 bits per heavy atom. The first-order valence-corrected chi connectivity index (χ1v) is 6.87. The second-order valence-corrected chi connectivity index (χ2v) is 4.85. The van der Waals surface area contributed by atoms with Crippen LogP contribution in [0.1, 0.15) is 11.4 Å². The Morgan fingerprint density at radius 1 is 1.39 bits per heavy atom. The van der Waals surface area contributed by atoms with Crippen LogP contribution in [0.4, 0.5) is 5.82 Å². The van der Waals surface area contributed by atoms with Crippen LogP contribution in [0.5, 0.6) is 5.75 Å². The molecule has 0 aliphatic carbocycles. The summed E-state index contributed by atoms with van der Waals surface area (Å²) in [4.78, 5) is 19.1. The number of carbonyl (C=O) groups excluding carboxylic acids is 1. The fourth-order valence-electron chi connectivity index (χ4n) is 2.25. The zero-order valence-electron chi connectivity index (χ0n) is 12.4. The molecule has 0 aliphatic heterocycles. The number of carbonyl (C=O) groups is 1. The highest BCUT2D eigenvalue weighted by Crippen LogP contribution is 2.21. The molecule has 23 heavy (non-hydrogen) atoms. The van der Waals surface area contributed by atoms with Crippen molar-refractivity contribution < 1.29 is 9.53 Å². The number of aromatic nitrogens is 3. The lowest BCUT2D eigenvalue weighted by molar-refractivity contribution is -0.120. The van der Waals surface area contributed by atoms with Gasteiger partial charge in [-0.1, -0.05) is 0 Å². The van der Waals surface area contributed by atoms with Gasteiger partial charge in [0.15, 0.2) is 0 Å². The van der Waals surface area contributed by atoms with E-state index < -0.39 is 0 Å². The van der Waals surface area contributed by atoms with Crippen LogP contribution < -0.4 is 10.1 Å². The second kappa shape index (κ2) is 6.15. The van der Waals surface area contributed by atoms with Gasteiger partial charge in [-0.15, -0.1) is 0 Å². The number of hydrogen-bond acceptors (Lipinski definition) is 6. The van der Waals surface area contributed by atoms with Gasteiger partial charge in [0, 0.05) is 19.3 Å². The Bertz CT molecular complexity index is 893. The number of anilines is 1. The van der Waals surface area contributed by atoms with Gasteiger partial charge in [0.2, 0.25) is 0 Å². The molecule has 0 aliphatic rings. The van der Waals surface area contributed by atoms with Crippen molar-refractivity contribution in [1.82, 2.24) is 14.5 Å². The third kappa shape index (κ3) is 2.96. The highest BCUT2D eigenvalue weighted by atomic mass is 16.5. The molecule has 0 atom stereocenters. The lowest BCUT2D eigenvalue weighted by Crippen LogP contribution is -2.06. The standard InChI is InChI=1S/C16H13N5O2/c1-21-14-4-3-12(23-10-22)6-13(14)20-16(21)9-19-15-5-2-11(7-17)8-18-15/h2-6,8,10H,9H2,1H3,(H,18,19). The quantitative estimate of drug-likeness (QED) is 0.725. The molecular weight excluding hydrogens is 294 g/mol. The van der Waals surface area contributed by atoms with Crippen molar-refractivity contribution in [1.29, 1.82) is 5.26 Å². The third-order valence-electron chi connectivity index (χ3n) is 3.45. The molecule has 0 saturated carbocycles. The molecule has 1 N–H and O–H groups in total. The van der Waals surface area contributed by atoms with Crippen molar-refractivity contribution in [3.8, 4) is 11.8 Å². The van der Waals surface area contributed by atoms with Crippen molar-refractivity contribution in [3.63, 3.8) is 0 Å². The lowest BCUT2D eigenvalue weighted by Gasteiger charge is -2.05. The van der Waals surface area contributed by atoms with Gasteiger partial charge in [-0.05, 0) is 24.3 Å². The highest BCUT2D eigenvalue weighted by molar-refractivity contribution is 5.78. The van der Waals surface area contributed by atoms with Gasteiger partial charge in [0.05, 0.1) is 23.1 Å². The SMILES string of the molecule is Cn1c(CNc2ccc(C#N)cn2)nc2cc(OC=O)ccc21. The van der Waals surface area contributed by atoms with Gasteiger partial charge in [0.1, 0.15) is 23.5 Å². The Kier molecular flexibility index (Phi) is 3.89. The van der Waals surface area contributed by atoms with Gasteiger partial charge >= 0.3 is 0 Å². The fourth-order valence-corrected chi connectivity index (χ4v) is 2.25. The molecule has 0 saturated heterocycles. The summed E-state index contributed by atoms with van der Waals surface area (Å²) < 4.78 is 6.79. The van der Waals surface area contributed by atoms with Crippen molar-refractivity contribution in [2.45, 2.75) is 6.54 Å². The molecule has 114 valence electrons.